The topological polar surface area (TPSA) is 75.7 Å². The number of rotatable bonds is 8. The third kappa shape index (κ3) is 6.18. The molecule has 0 aromatic heterocycles. The van der Waals surface area contributed by atoms with E-state index in [1.165, 1.54) is 11.6 Å². The van der Waals surface area contributed by atoms with E-state index in [9.17, 15) is 13.2 Å². The number of ether oxygens (including phenoxy) is 1. The van der Waals surface area contributed by atoms with Gasteiger partial charge in [-0.1, -0.05) is 36.2 Å². The van der Waals surface area contributed by atoms with Gasteiger partial charge in [0.2, 0.25) is 15.9 Å². The summed E-state index contributed by atoms with van der Waals surface area (Å²) in [6.07, 6.45) is 6.15. The molecule has 1 aliphatic rings. The number of carbonyl (C=O) groups is 1. The minimum Gasteiger partial charge on any atom is -0.492 e. The first kappa shape index (κ1) is 22.1. The van der Waals surface area contributed by atoms with Gasteiger partial charge < -0.3 is 10.1 Å². The fourth-order valence-corrected chi connectivity index (χ4v) is 4.73. The number of sulfonamides is 1. The standard InChI is InChI=1S/C23H28N2O4S/c1-19-5-7-20(8-6-19)9-14-23(26)24-15-18-29-21-10-12-22(13-11-21)30(27,28)25-16-3-2-4-17-25/h5-14H,2-4,15-18H2,1H3,(H,24,26)/b14-9+. The van der Waals surface area contributed by atoms with E-state index in [-0.39, 0.29) is 10.8 Å². The second-order valence-electron chi connectivity index (χ2n) is 7.32. The van der Waals surface area contributed by atoms with Crippen LogP contribution in [-0.4, -0.2) is 44.9 Å². The van der Waals surface area contributed by atoms with E-state index < -0.39 is 10.0 Å². The molecule has 160 valence electrons. The van der Waals surface area contributed by atoms with Crippen molar-refractivity contribution in [3.05, 3.63) is 65.7 Å². The fourth-order valence-electron chi connectivity index (χ4n) is 3.21. The van der Waals surface area contributed by atoms with Crippen molar-refractivity contribution in [1.82, 2.24) is 9.62 Å². The molecular formula is C23H28N2O4S. The summed E-state index contributed by atoms with van der Waals surface area (Å²) in [5, 5.41) is 2.76. The molecule has 1 N–H and O–H groups in total. The van der Waals surface area contributed by atoms with Crippen molar-refractivity contribution in [2.75, 3.05) is 26.2 Å². The number of amides is 1. The van der Waals surface area contributed by atoms with Gasteiger partial charge in [0.25, 0.3) is 0 Å². The molecule has 3 rings (SSSR count). The minimum atomic E-state index is -3.43. The molecule has 1 saturated heterocycles. The van der Waals surface area contributed by atoms with E-state index in [1.807, 2.05) is 31.2 Å². The van der Waals surface area contributed by atoms with Crippen LogP contribution in [0.1, 0.15) is 30.4 Å². The van der Waals surface area contributed by atoms with E-state index in [2.05, 4.69) is 5.32 Å². The van der Waals surface area contributed by atoms with E-state index in [0.29, 0.717) is 32.0 Å². The van der Waals surface area contributed by atoms with Crippen LogP contribution < -0.4 is 10.1 Å². The Morgan fingerprint density at radius 3 is 2.37 bits per heavy atom. The maximum Gasteiger partial charge on any atom is 0.244 e. The van der Waals surface area contributed by atoms with E-state index >= 15 is 0 Å². The third-order valence-corrected chi connectivity index (χ3v) is 6.86. The van der Waals surface area contributed by atoms with Crippen LogP contribution in [0, 0.1) is 6.92 Å². The molecule has 0 aliphatic carbocycles. The predicted molar refractivity (Wildman–Crippen MR) is 118 cm³/mol. The lowest BCUT2D eigenvalue weighted by Crippen LogP contribution is -2.35. The van der Waals surface area contributed by atoms with Crippen molar-refractivity contribution in [3.8, 4) is 5.75 Å². The zero-order valence-corrected chi connectivity index (χ0v) is 18.0. The fraction of sp³-hybridized carbons (Fsp3) is 0.348. The van der Waals surface area contributed by atoms with Gasteiger partial charge in [-0.3, -0.25) is 4.79 Å². The molecular weight excluding hydrogens is 400 g/mol. The average molecular weight is 429 g/mol. The SMILES string of the molecule is Cc1ccc(/C=C/C(=O)NCCOc2ccc(S(=O)(=O)N3CCCCC3)cc2)cc1. The lowest BCUT2D eigenvalue weighted by Gasteiger charge is -2.25. The van der Waals surface area contributed by atoms with Crippen LogP contribution in [0.4, 0.5) is 0 Å². The van der Waals surface area contributed by atoms with Crippen molar-refractivity contribution in [3.63, 3.8) is 0 Å². The largest absolute Gasteiger partial charge is 0.492 e. The number of nitrogens with one attached hydrogen (secondary N) is 1. The van der Waals surface area contributed by atoms with Crippen molar-refractivity contribution < 1.29 is 17.9 Å². The summed E-state index contributed by atoms with van der Waals surface area (Å²) in [5.74, 6) is 0.374. The number of piperidine rings is 1. The van der Waals surface area contributed by atoms with Crippen molar-refractivity contribution >= 4 is 22.0 Å². The first-order valence-corrected chi connectivity index (χ1v) is 11.6. The van der Waals surface area contributed by atoms with Gasteiger partial charge in [0.15, 0.2) is 0 Å². The van der Waals surface area contributed by atoms with Gasteiger partial charge in [-0.15, -0.1) is 0 Å². The highest BCUT2D eigenvalue weighted by molar-refractivity contribution is 7.89. The number of hydrogen-bond donors (Lipinski definition) is 1. The molecule has 0 unspecified atom stereocenters. The zero-order valence-electron chi connectivity index (χ0n) is 17.2. The van der Waals surface area contributed by atoms with Gasteiger partial charge in [0.1, 0.15) is 12.4 Å². The maximum absolute atomic E-state index is 12.6. The molecule has 7 heteroatoms. The smallest absolute Gasteiger partial charge is 0.244 e. The number of nitrogens with zero attached hydrogens (tertiary/aromatic N) is 1. The normalized spacial score (nSPS) is 15.2. The van der Waals surface area contributed by atoms with Crippen LogP contribution in [0.25, 0.3) is 6.08 Å². The van der Waals surface area contributed by atoms with Crippen LogP contribution in [-0.2, 0) is 14.8 Å². The summed E-state index contributed by atoms with van der Waals surface area (Å²) in [4.78, 5) is 12.2. The molecule has 0 saturated carbocycles. The summed E-state index contributed by atoms with van der Waals surface area (Å²) in [6, 6.07) is 14.3. The Morgan fingerprint density at radius 2 is 1.70 bits per heavy atom. The summed E-state index contributed by atoms with van der Waals surface area (Å²) in [7, 11) is -3.43. The maximum atomic E-state index is 12.6. The number of hydrogen-bond acceptors (Lipinski definition) is 4. The van der Waals surface area contributed by atoms with E-state index in [0.717, 1.165) is 24.8 Å². The summed E-state index contributed by atoms with van der Waals surface area (Å²) < 4.78 is 32.4. The Labute approximate surface area is 178 Å². The van der Waals surface area contributed by atoms with Gasteiger partial charge in [-0.2, -0.15) is 4.31 Å². The quantitative estimate of drug-likeness (QED) is 0.517. The Kier molecular flexibility index (Phi) is 7.65. The Morgan fingerprint density at radius 1 is 1.03 bits per heavy atom. The molecule has 0 spiro atoms. The molecule has 2 aromatic rings. The van der Waals surface area contributed by atoms with E-state index in [1.54, 1.807) is 34.6 Å². The molecule has 30 heavy (non-hydrogen) atoms. The lowest BCUT2D eigenvalue weighted by molar-refractivity contribution is -0.116. The molecule has 1 heterocycles. The lowest BCUT2D eigenvalue weighted by atomic mass is 10.1. The molecule has 0 atom stereocenters. The van der Waals surface area contributed by atoms with Gasteiger partial charge in [-0.25, -0.2) is 8.42 Å². The van der Waals surface area contributed by atoms with Crippen LogP contribution in [0.2, 0.25) is 0 Å². The van der Waals surface area contributed by atoms with Crippen LogP contribution in [0.5, 0.6) is 5.75 Å². The number of carbonyl (C=O) groups excluding carboxylic acids is 1. The molecule has 1 amide bonds. The monoisotopic (exact) mass is 428 g/mol. The second kappa shape index (κ2) is 10.4. The van der Waals surface area contributed by atoms with Crippen molar-refractivity contribution in [2.45, 2.75) is 31.1 Å². The molecule has 2 aromatic carbocycles. The number of aryl methyl sites for hydroxylation is 1. The van der Waals surface area contributed by atoms with Crippen molar-refractivity contribution in [1.29, 1.82) is 0 Å². The minimum absolute atomic E-state index is 0.192. The first-order valence-electron chi connectivity index (χ1n) is 10.2. The molecule has 1 aliphatic heterocycles. The van der Waals surface area contributed by atoms with Crippen LogP contribution in [0.3, 0.4) is 0 Å². The highest BCUT2D eigenvalue weighted by Gasteiger charge is 2.25. The Hall–Kier alpha value is -2.64. The van der Waals surface area contributed by atoms with Gasteiger partial charge in [0, 0.05) is 19.2 Å². The molecule has 1 fully saturated rings. The van der Waals surface area contributed by atoms with Crippen LogP contribution in [0.15, 0.2) is 59.5 Å². The van der Waals surface area contributed by atoms with Crippen molar-refractivity contribution in [2.24, 2.45) is 0 Å². The first-order chi connectivity index (χ1) is 14.4. The number of benzene rings is 2. The summed E-state index contributed by atoms with van der Waals surface area (Å²) in [6.45, 7) is 3.83. The highest BCUT2D eigenvalue weighted by Crippen LogP contribution is 2.22. The zero-order chi connectivity index (χ0) is 21.4. The average Bonchev–Trinajstić information content (AvgIpc) is 2.77. The summed E-state index contributed by atoms with van der Waals surface area (Å²) in [5.41, 5.74) is 2.14. The Bertz CT molecular complexity index is 961. The summed E-state index contributed by atoms with van der Waals surface area (Å²) >= 11 is 0. The van der Waals surface area contributed by atoms with Gasteiger partial charge >= 0.3 is 0 Å². The van der Waals surface area contributed by atoms with Crippen LogP contribution >= 0.6 is 0 Å². The molecule has 0 bridgehead atoms. The highest BCUT2D eigenvalue weighted by atomic mass is 32.2. The Balaban J connectivity index is 1.43. The second-order valence-corrected chi connectivity index (χ2v) is 9.26. The molecule has 0 radical (unpaired) electrons. The molecule has 6 nitrogen and oxygen atoms in total. The predicted octanol–water partition coefficient (Wildman–Crippen LogP) is 3.38. The van der Waals surface area contributed by atoms with E-state index in [4.69, 9.17) is 4.74 Å². The third-order valence-electron chi connectivity index (χ3n) is 4.95. The van der Waals surface area contributed by atoms with Gasteiger partial charge in [-0.05, 0) is 55.7 Å². The van der Waals surface area contributed by atoms with Gasteiger partial charge in [0.05, 0.1) is 11.4 Å².